The van der Waals surface area contributed by atoms with Gasteiger partial charge < -0.3 is 15.1 Å². The highest BCUT2D eigenvalue weighted by Gasteiger charge is 2.14. The van der Waals surface area contributed by atoms with Gasteiger partial charge in [-0.25, -0.2) is 0 Å². The highest BCUT2D eigenvalue weighted by molar-refractivity contribution is 7.09. The fourth-order valence-corrected chi connectivity index (χ4v) is 3.08. The molecule has 0 bridgehead atoms. The highest BCUT2D eigenvalue weighted by Crippen LogP contribution is 2.23. The number of aromatic nitrogens is 2. The first-order chi connectivity index (χ1) is 11.2. The Balaban J connectivity index is 1.46. The van der Waals surface area contributed by atoms with E-state index in [1.54, 1.807) is 6.20 Å². The van der Waals surface area contributed by atoms with Gasteiger partial charge in [0.05, 0.1) is 11.1 Å². The largest absolute Gasteiger partial charge is 0.326 e. The van der Waals surface area contributed by atoms with E-state index in [2.05, 4.69) is 31.8 Å². The van der Waals surface area contributed by atoms with Gasteiger partial charge in [0.15, 0.2) is 0 Å². The Labute approximate surface area is 140 Å². The van der Waals surface area contributed by atoms with E-state index in [1.165, 1.54) is 11.5 Å². The average Bonchev–Trinajstić information content (AvgIpc) is 3.09. The zero-order chi connectivity index (χ0) is 16.1. The maximum absolute atomic E-state index is 12.1. The van der Waals surface area contributed by atoms with Gasteiger partial charge in [0.25, 0.3) is 0 Å². The summed E-state index contributed by atoms with van der Waals surface area (Å²) >= 11 is 1.36. The van der Waals surface area contributed by atoms with E-state index in [9.17, 15) is 4.79 Å². The second kappa shape index (κ2) is 7.63. The second-order valence-corrected chi connectivity index (χ2v) is 6.59. The van der Waals surface area contributed by atoms with E-state index in [0.717, 1.165) is 48.9 Å². The molecule has 1 N–H and O–H groups in total. The number of carbonyl (C=O) groups excluding carboxylic acids is 1. The quantitative estimate of drug-likeness (QED) is 0.905. The van der Waals surface area contributed by atoms with E-state index in [-0.39, 0.29) is 5.91 Å². The molecule has 0 atom stereocenters. The molecule has 1 saturated heterocycles. The number of likely N-dealkylation sites (N-methyl/N-ethyl adjacent to an activating group) is 1. The van der Waals surface area contributed by atoms with Gasteiger partial charge in [0, 0.05) is 44.8 Å². The topological polar surface area (TPSA) is 61.4 Å². The minimum atomic E-state index is 0.0659. The first-order valence-corrected chi connectivity index (χ1v) is 8.56. The summed E-state index contributed by atoms with van der Waals surface area (Å²) in [5, 5.41) is 6.79. The summed E-state index contributed by atoms with van der Waals surface area (Å²) in [6.07, 6.45) is 2.28. The molecular weight excluding hydrogens is 310 g/mol. The van der Waals surface area contributed by atoms with Crippen molar-refractivity contribution in [2.45, 2.75) is 6.42 Å². The van der Waals surface area contributed by atoms with Crippen LogP contribution in [-0.4, -0.2) is 65.1 Å². The van der Waals surface area contributed by atoms with E-state index < -0.39 is 0 Å². The summed E-state index contributed by atoms with van der Waals surface area (Å²) < 4.78 is 3.86. The van der Waals surface area contributed by atoms with E-state index in [4.69, 9.17) is 0 Å². The van der Waals surface area contributed by atoms with Crippen molar-refractivity contribution in [3.63, 3.8) is 0 Å². The van der Waals surface area contributed by atoms with Gasteiger partial charge in [-0.1, -0.05) is 16.6 Å². The van der Waals surface area contributed by atoms with Gasteiger partial charge in [0.1, 0.15) is 0 Å². The van der Waals surface area contributed by atoms with Gasteiger partial charge in [0.2, 0.25) is 5.91 Å². The van der Waals surface area contributed by atoms with Crippen molar-refractivity contribution in [3.05, 3.63) is 30.5 Å². The molecule has 1 aliphatic rings. The average molecular weight is 331 g/mol. The molecule has 3 rings (SSSR count). The molecule has 0 unspecified atom stereocenters. The molecule has 122 valence electrons. The van der Waals surface area contributed by atoms with E-state index in [1.807, 2.05) is 24.3 Å². The number of nitrogens with one attached hydrogen (secondary N) is 1. The highest BCUT2D eigenvalue weighted by atomic mass is 32.1. The summed E-state index contributed by atoms with van der Waals surface area (Å²) in [7, 11) is 2.13. The lowest BCUT2D eigenvalue weighted by molar-refractivity contribution is -0.116. The Morgan fingerprint density at radius 3 is 2.61 bits per heavy atom. The molecule has 1 aromatic heterocycles. The molecule has 2 aromatic rings. The first kappa shape index (κ1) is 16.0. The lowest BCUT2D eigenvalue weighted by Gasteiger charge is -2.32. The monoisotopic (exact) mass is 331 g/mol. The van der Waals surface area contributed by atoms with E-state index in [0.29, 0.717) is 6.42 Å². The summed E-state index contributed by atoms with van der Waals surface area (Å²) in [6.45, 7) is 5.07. The van der Waals surface area contributed by atoms with Crippen LogP contribution in [0.1, 0.15) is 6.42 Å². The molecule has 7 heteroatoms. The molecule has 1 aromatic carbocycles. The smallest absolute Gasteiger partial charge is 0.225 e. The van der Waals surface area contributed by atoms with Crippen LogP contribution in [0.3, 0.4) is 0 Å². The predicted octanol–water partition coefficient (Wildman–Crippen LogP) is 1.78. The van der Waals surface area contributed by atoms with Crippen molar-refractivity contribution in [1.29, 1.82) is 0 Å². The van der Waals surface area contributed by atoms with Crippen molar-refractivity contribution >= 4 is 23.1 Å². The van der Waals surface area contributed by atoms with Crippen molar-refractivity contribution in [2.75, 3.05) is 45.1 Å². The van der Waals surface area contributed by atoms with Crippen LogP contribution >= 0.6 is 11.5 Å². The van der Waals surface area contributed by atoms with Crippen molar-refractivity contribution in [3.8, 4) is 10.4 Å². The van der Waals surface area contributed by atoms with Crippen LogP contribution in [-0.2, 0) is 4.79 Å². The summed E-state index contributed by atoms with van der Waals surface area (Å²) in [5.41, 5.74) is 1.89. The third kappa shape index (κ3) is 4.57. The number of hydrogen-bond donors (Lipinski definition) is 1. The van der Waals surface area contributed by atoms with Crippen LogP contribution in [0.15, 0.2) is 30.5 Å². The third-order valence-electron chi connectivity index (χ3n) is 4.07. The Bertz CT molecular complexity index is 620. The van der Waals surface area contributed by atoms with Crippen LogP contribution < -0.4 is 5.32 Å². The zero-order valence-electron chi connectivity index (χ0n) is 13.2. The molecule has 1 amide bonds. The summed E-state index contributed by atoms with van der Waals surface area (Å²) in [4.78, 5) is 17.8. The number of piperazine rings is 1. The maximum Gasteiger partial charge on any atom is 0.225 e. The Morgan fingerprint density at radius 1 is 1.22 bits per heavy atom. The number of rotatable bonds is 5. The normalized spacial score (nSPS) is 16.4. The number of hydrogen-bond acceptors (Lipinski definition) is 6. The van der Waals surface area contributed by atoms with Crippen LogP contribution in [0.5, 0.6) is 0 Å². The Morgan fingerprint density at radius 2 is 1.96 bits per heavy atom. The molecule has 0 aliphatic carbocycles. The second-order valence-electron chi connectivity index (χ2n) is 5.80. The maximum atomic E-state index is 12.1. The van der Waals surface area contributed by atoms with Gasteiger partial charge in [-0.05, 0) is 36.3 Å². The van der Waals surface area contributed by atoms with Crippen LogP contribution in [0, 0.1) is 0 Å². The van der Waals surface area contributed by atoms with Gasteiger partial charge in [-0.15, -0.1) is 5.10 Å². The van der Waals surface area contributed by atoms with Crippen molar-refractivity contribution in [2.24, 2.45) is 0 Å². The van der Waals surface area contributed by atoms with Crippen LogP contribution in [0.2, 0.25) is 0 Å². The summed E-state index contributed by atoms with van der Waals surface area (Å²) in [6, 6.07) is 7.79. The molecular formula is C16H21N5OS. The molecule has 1 fully saturated rings. The predicted molar refractivity (Wildman–Crippen MR) is 92.5 cm³/mol. The Kier molecular flexibility index (Phi) is 5.32. The van der Waals surface area contributed by atoms with E-state index >= 15 is 0 Å². The minimum Gasteiger partial charge on any atom is -0.326 e. The molecule has 0 saturated carbocycles. The zero-order valence-corrected chi connectivity index (χ0v) is 14.1. The molecule has 1 aliphatic heterocycles. The standard InChI is InChI=1S/C16H21N5OS/c1-20-8-10-21(11-9-20)7-6-16(22)18-14-4-2-13(3-5-14)15-12-17-19-23-15/h2-5,12H,6-11H2,1H3,(H,18,22). The van der Waals surface area contributed by atoms with Gasteiger partial charge in [-0.3, -0.25) is 4.79 Å². The van der Waals surface area contributed by atoms with Crippen LogP contribution in [0.4, 0.5) is 5.69 Å². The van der Waals surface area contributed by atoms with Crippen molar-refractivity contribution < 1.29 is 4.79 Å². The first-order valence-electron chi connectivity index (χ1n) is 7.79. The fraction of sp³-hybridized carbons (Fsp3) is 0.438. The SMILES string of the molecule is CN1CCN(CCC(=O)Nc2ccc(-c3cnns3)cc2)CC1. The van der Waals surface area contributed by atoms with Gasteiger partial charge >= 0.3 is 0 Å². The molecule has 2 heterocycles. The van der Waals surface area contributed by atoms with Crippen LogP contribution in [0.25, 0.3) is 10.4 Å². The number of amides is 1. The number of nitrogens with zero attached hydrogens (tertiary/aromatic N) is 4. The lowest BCUT2D eigenvalue weighted by atomic mass is 10.2. The number of benzene rings is 1. The van der Waals surface area contributed by atoms with Crippen molar-refractivity contribution in [1.82, 2.24) is 19.4 Å². The Hall–Kier alpha value is -1.83. The molecule has 23 heavy (non-hydrogen) atoms. The summed E-state index contributed by atoms with van der Waals surface area (Å²) in [5.74, 6) is 0.0659. The van der Waals surface area contributed by atoms with Gasteiger partial charge in [-0.2, -0.15) is 0 Å². The minimum absolute atomic E-state index is 0.0659. The number of anilines is 1. The number of carbonyl (C=O) groups is 1. The molecule has 0 spiro atoms. The fourth-order valence-electron chi connectivity index (χ4n) is 2.57. The third-order valence-corrected chi connectivity index (χ3v) is 4.78. The molecule has 0 radical (unpaired) electrons. The lowest BCUT2D eigenvalue weighted by Crippen LogP contribution is -2.45. The molecule has 6 nitrogen and oxygen atoms in total.